The van der Waals surface area contributed by atoms with Gasteiger partial charge in [0.25, 0.3) is 0 Å². The predicted octanol–water partition coefficient (Wildman–Crippen LogP) is 6.77. The average molecular weight is 779 g/mol. The summed E-state index contributed by atoms with van der Waals surface area (Å²) in [5.74, 6) is 5.40. The second kappa shape index (κ2) is 23.0. The number of amides is 1. The van der Waals surface area contributed by atoms with Crippen molar-refractivity contribution in [1.29, 1.82) is 0 Å². The summed E-state index contributed by atoms with van der Waals surface area (Å²) in [6.45, 7) is 16.2. The Hall–Kier alpha value is -1.50. The fourth-order valence-electron chi connectivity index (χ4n) is 10.6. The summed E-state index contributed by atoms with van der Waals surface area (Å²) in [5.41, 5.74) is 7.82. The van der Waals surface area contributed by atoms with Crippen molar-refractivity contribution in [2.75, 3.05) is 70.9 Å². The van der Waals surface area contributed by atoms with Gasteiger partial charge in [-0.3, -0.25) is 9.59 Å². The van der Waals surface area contributed by atoms with E-state index in [1.165, 1.54) is 63.1 Å². The smallest absolute Gasteiger partial charge is 0.308 e. The molecule has 0 aliphatic heterocycles. The lowest BCUT2D eigenvalue weighted by Crippen LogP contribution is -2.51. The molecule has 0 radical (unpaired) electrons. The first-order valence-corrected chi connectivity index (χ1v) is 22.4. The number of aldehydes is 1. The summed E-state index contributed by atoms with van der Waals surface area (Å²) in [6, 6.07) is -0.535. The molecule has 0 heterocycles. The molecule has 3 fully saturated rings. The zero-order chi connectivity index (χ0) is 39.0. The van der Waals surface area contributed by atoms with Crippen LogP contribution in [0.4, 0.5) is 0 Å². The molecule has 0 saturated heterocycles. The lowest BCUT2D eigenvalue weighted by molar-refractivity contribution is -0.153. The van der Waals surface area contributed by atoms with Crippen molar-refractivity contribution in [2.45, 2.75) is 124 Å². The van der Waals surface area contributed by atoms with Crippen LogP contribution in [0.5, 0.6) is 0 Å². The molecule has 3 saturated carbocycles. The van der Waals surface area contributed by atoms with Crippen molar-refractivity contribution in [3.63, 3.8) is 0 Å². The van der Waals surface area contributed by atoms with E-state index in [4.69, 9.17) is 29.4 Å². The molecule has 3 N–H and O–H groups in total. The molecule has 0 bridgehead atoms. The van der Waals surface area contributed by atoms with Crippen molar-refractivity contribution in [3.05, 3.63) is 11.6 Å². The summed E-state index contributed by atoms with van der Waals surface area (Å²) in [4.78, 5) is 34.9. The monoisotopic (exact) mass is 779 g/mol. The van der Waals surface area contributed by atoms with E-state index in [9.17, 15) is 14.4 Å². The average Bonchev–Trinajstić information content (AvgIpc) is 3.50. The number of thioether (sulfide) groups is 1. The number of nitrogens with one attached hydrogen (secondary N) is 1. The van der Waals surface area contributed by atoms with Crippen LogP contribution in [0.1, 0.15) is 112 Å². The number of rotatable bonds is 26. The minimum Gasteiger partial charge on any atom is -0.462 e. The SMILES string of the molecule is CC(C)CCC[C@@H](C)[C@H]1CCC2C3CC=C4CC(OC(=O)CCOCCOCCOCCOCCNC(=O)CSC[C@H](N)C=O)CC[C@]4(C)C3CC[C@@]21C. The Morgan fingerprint density at radius 2 is 1.59 bits per heavy atom. The van der Waals surface area contributed by atoms with E-state index in [2.05, 4.69) is 46.0 Å². The molecule has 10 nitrogen and oxygen atoms in total. The lowest BCUT2D eigenvalue weighted by atomic mass is 9.47. The molecular formula is C43H74N2O8S. The molecule has 0 aromatic heterocycles. The molecule has 54 heavy (non-hydrogen) atoms. The summed E-state index contributed by atoms with van der Waals surface area (Å²) < 4.78 is 28.1. The van der Waals surface area contributed by atoms with Crippen LogP contribution in [0.3, 0.4) is 0 Å². The first kappa shape index (κ1) is 45.2. The molecular weight excluding hydrogens is 705 g/mol. The molecule has 11 heteroatoms. The van der Waals surface area contributed by atoms with Crippen LogP contribution >= 0.6 is 11.8 Å². The molecule has 9 atom stereocenters. The number of carbonyl (C=O) groups excluding carboxylic acids is 3. The van der Waals surface area contributed by atoms with Gasteiger partial charge in [0.2, 0.25) is 5.91 Å². The largest absolute Gasteiger partial charge is 0.462 e. The number of fused-ring (bicyclic) bond motifs is 5. The van der Waals surface area contributed by atoms with Crippen LogP contribution in [-0.4, -0.2) is 101 Å². The second-order valence-corrected chi connectivity index (χ2v) is 18.5. The highest BCUT2D eigenvalue weighted by atomic mass is 32.2. The van der Waals surface area contributed by atoms with Gasteiger partial charge in [-0.2, -0.15) is 0 Å². The third kappa shape index (κ3) is 13.3. The summed E-state index contributed by atoms with van der Waals surface area (Å²) in [5, 5.41) is 2.76. The van der Waals surface area contributed by atoms with Gasteiger partial charge in [0.15, 0.2) is 0 Å². The third-order valence-electron chi connectivity index (χ3n) is 13.4. The Kier molecular flexibility index (Phi) is 19.3. The molecule has 4 aliphatic carbocycles. The fraction of sp³-hybridized carbons (Fsp3) is 0.884. The summed E-state index contributed by atoms with van der Waals surface area (Å²) in [7, 11) is 0. The van der Waals surface area contributed by atoms with Crippen molar-refractivity contribution < 1.29 is 38.1 Å². The minimum atomic E-state index is -0.535. The van der Waals surface area contributed by atoms with E-state index in [0.717, 1.165) is 54.8 Å². The molecule has 4 rings (SSSR count). The van der Waals surface area contributed by atoms with Crippen LogP contribution in [0, 0.1) is 46.3 Å². The number of nitrogens with two attached hydrogens (primary N) is 1. The quantitative estimate of drug-likeness (QED) is 0.0419. The van der Waals surface area contributed by atoms with E-state index in [-0.39, 0.29) is 35.6 Å². The van der Waals surface area contributed by atoms with Crippen LogP contribution in [0.2, 0.25) is 0 Å². The van der Waals surface area contributed by atoms with Gasteiger partial charge in [0, 0.05) is 18.7 Å². The molecule has 4 aliphatic rings. The maximum absolute atomic E-state index is 12.7. The Morgan fingerprint density at radius 3 is 2.28 bits per heavy atom. The van der Waals surface area contributed by atoms with E-state index in [0.29, 0.717) is 76.9 Å². The molecule has 4 unspecified atom stereocenters. The summed E-state index contributed by atoms with van der Waals surface area (Å²) >= 11 is 1.33. The predicted molar refractivity (Wildman–Crippen MR) is 215 cm³/mol. The van der Waals surface area contributed by atoms with Crippen LogP contribution < -0.4 is 11.1 Å². The maximum atomic E-state index is 12.7. The number of hydrogen-bond acceptors (Lipinski definition) is 10. The molecule has 310 valence electrons. The summed E-state index contributed by atoms with van der Waals surface area (Å²) in [6.07, 6.45) is 17.4. The van der Waals surface area contributed by atoms with Gasteiger partial charge in [-0.25, -0.2) is 0 Å². The van der Waals surface area contributed by atoms with Crippen molar-refractivity contribution in [2.24, 2.45) is 52.1 Å². The van der Waals surface area contributed by atoms with Crippen molar-refractivity contribution in [1.82, 2.24) is 5.32 Å². The zero-order valence-corrected chi connectivity index (χ0v) is 35.1. The van der Waals surface area contributed by atoms with Gasteiger partial charge in [-0.1, -0.05) is 65.5 Å². The zero-order valence-electron chi connectivity index (χ0n) is 34.3. The van der Waals surface area contributed by atoms with Crippen molar-refractivity contribution >= 4 is 29.9 Å². The van der Waals surface area contributed by atoms with E-state index in [1.807, 2.05) is 0 Å². The highest BCUT2D eigenvalue weighted by Crippen LogP contribution is 2.67. The first-order valence-electron chi connectivity index (χ1n) is 21.2. The highest BCUT2D eigenvalue weighted by Gasteiger charge is 2.59. The maximum Gasteiger partial charge on any atom is 0.308 e. The van der Waals surface area contributed by atoms with Gasteiger partial charge >= 0.3 is 5.97 Å². The molecule has 0 aromatic carbocycles. The minimum absolute atomic E-state index is 0.0190. The van der Waals surface area contributed by atoms with Crippen LogP contribution in [0.15, 0.2) is 11.6 Å². The lowest BCUT2D eigenvalue weighted by Gasteiger charge is -2.58. The highest BCUT2D eigenvalue weighted by molar-refractivity contribution is 8.00. The van der Waals surface area contributed by atoms with Gasteiger partial charge in [0.1, 0.15) is 12.4 Å². The van der Waals surface area contributed by atoms with Crippen LogP contribution in [0.25, 0.3) is 0 Å². The number of esters is 1. The molecule has 0 spiro atoms. The van der Waals surface area contributed by atoms with Gasteiger partial charge in [-0.15, -0.1) is 11.8 Å². The normalized spacial score (nSPS) is 30.1. The topological polar surface area (TPSA) is 135 Å². The second-order valence-electron chi connectivity index (χ2n) is 17.5. The van der Waals surface area contributed by atoms with E-state index >= 15 is 0 Å². The molecule has 0 aromatic rings. The Morgan fingerprint density at radius 1 is 0.907 bits per heavy atom. The third-order valence-corrected chi connectivity index (χ3v) is 14.5. The number of hydrogen-bond donors (Lipinski definition) is 2. The standard InChI is InChI=1S/C43H74N2O8S/c1-31(2)7-6-8-32(3)37-11-12-38-36-10-9-33-27-35(13-16-42(33,4)39(36)14-17-43(37,38)5)53-41(48)15-19-49-21-23-51-25-26-52-24-22-50-20-18-45-40(47)30-54-29-34(44)28-46/h9,28,31-32,34-39H,6-8,10-27,29-30,44H2,1-5H3,(H,45,47)/t32-,34-,35?,36?,37-,38?,39?,42+,43-/m1/s1. The van der Waals surface area contributed by atoms with Crippen molar-refractivity contribution in [3.8, 4) is 0 Å². The van der Waals surface area contributed by atoms with Gasteiger partial charge in [0.05, 0.1) is 71.1 Å². The van der Waals surface area contributed by atoms with E-state index < -0.39 is 6.04 Å². The number of allylic oxidation sites excluding steroid dienone is 1. The van der Waals surface area contributed by atoms with Crippen LogP contribution in [-0.2, 0) is 38.1 Å². The Bertz CT molecular complexity index is 1190. The van der Waals surface area contributed by atoms with Gasteiger partial charge < -0.3 is 39.5 Å². The Balaban J connectivity index is 1.01. The molecule has 1 amide bonds. The van der Waals surface area contributed by atoms with Gasteiger partial charge in [-0.05, 0) is 91.3 Å². The van der Waals surface area contributed by atoms with E-state index in [1.54, 1.807) is 5.57 Å². The number of ether oxygens (including phenoxy) is 5. The first-order chi connectivity index (χ1) is 26.0. The fourth-order valence-corrected chi connectivity index (χ4v) is 11.3. The Labute approximate surface area is 330 Å². The number of carbonyl (C=O) groups is 3.